The second kappa shape index (κ2) is 9.64. The van der Waals surface area contributed by atoms with Crippen molar-refractivity contribution < 1.29 is 22.4 Å². The highest BCUT2D eigenvalue weighted by atomic mass is 35.5. The Labute approximate surface area is 200 Å². The zero-order valence-corrected chi connectivity index (χ0v) is 19.4. The quantitative estimate of drug-likeness (QED) is 0.350. The number of amides is 2. The molecule has 0 radical (unpaired) electrons. The van der Waals surface area contributed by atoms with Gasteiger partial charge in [0.15, 0.2) is 5.76 Å². The molecule has 1 atom stereocenters. The normalized spacial score (nSPS) is 12.3. The summed E-state index contributed by atoms with van der Waals surface area (Å²) >= 11 is 5.79. The Morgan fingerprint density at radius 1 is 1.00 bits per heavy atom. The van der Waals surface area contributed by atoms with E-state index < -0.39 is 27.9 Å². The molecule has 11 heteroatoms. The van der Waals surface area contributed by atoms with Crippen LogP contribution in [0.2, 0.25) is 5.02 Å². The van der Waals surface area contributed by atoms with Gasteiger partial charge in [0.25, 0.3) is 11.8 Å². The Bertz CT molecular complexity index is 1450. The SMILES string of the molecule is C[C@H](NS(=O)(=O)c1ccc(Cl)cc1)C(=O)NNC(=O)c1cc(-c2ccco2)nc2ccccc12. The number of hydrogen-bond donors (Lipinski definition) is 3. The van der Waals surface area contributed by atoms with Gasteiger partial charge in [-0.15, -0.1) is 0 Å². The minimum absolute atomic E-state index is 0.0469. The van der Waals surface area contributed by atoms with E-state index in [0.717, 1.165) is 0 Å². The van der Waals surface area contributed by atoms with Crippen LogP contribution in [0.1, 0.15) is 17.3 Å². The molecule has 0 spiro atoms. The number of halogens is 1. The molecule has 0 unspecified atom stereocenters. The maximum Gasteiger partial charge on any atom is 0.270 e. The summed E-state index contributed by atoms with van der Waals surface area (Å²) in [5.74, 6) is -0.878. The van der Waals surface area contributed by atoms with Crippen LogP contribution in [0.25, 0.3) is 22.4 Å². The maximum atomic E-state index is 12.9. The first-order valence-electron chi connectivity index (χ1n) is 10.1. The van der Waals surface area contributed by atoms with E-state index in [1.165, 1.54) is 37.5 Å². The molecule has 34 heavy (non-hydrogen) atoms. The van der Waals surface area contributed by atoms with Crippen LogP contribution in [-0.2, 0) is 14.8 Å². The summed E-state index contributed by atoms with van der Waals surface area (Å²) in [5.41, 5.74) is 5.85. The number of carbonyl (C=O) groups is 2. The molecule has 174 valence electrons. The summed E-state index contributed by atoms with van der Waals surface area (Å²) in [6.45, 7) is 1.35. The smallest absolute Gasteiger partial charge is 0.270 e. The molecule has 2 heterocycles. The number of rotatable bonds is 6. The molecule has 0 saturated heterocycles. The van der Waals surface area contributed by atoms with Gasteiger partial charge in [0.05, 0.1) is 28.3 Å². The van der Waals surface area contributed by atoms with Crippen molar-refractivity contribution in [1.82, 2.24) is 20.6 Å². The molecule has 4 aromatic rings. The average Bonchev–Trinajstić information content (AvgIpc) is 3.36. The standard InChI is InChI=1S/C23H19ClN4O5S/c1-14(28-34(31,32)16-10-8-15(24)9-11-16)22(29)26-27-23(30)18-13-20(21-7-4-12-33-21)25-19-6-3-2-5-17(18)19/h2-14,28H,1H3,(H,26,29)(H,27,30)/t14-/m0/s1. The minimum atomic E-state index is -3.97. The number of fused-ring (bicyclic) bond motifs is 1. The van der Waals surface area contributed by atoms with Crippen LogP contribution in [0.3, 0.4) is 0 Å². The molecule has 2 amide bonds. The minimum Gasteiger partial charge on any atom is -0.463 e. The van der Waals surface area contributed by atoms with Crippen LogP contribution in [0.15, 0.2) is 82.3 Å². The molecular formula is C23H19ClN4O5S. The third-order valence-corrected chi connectivity index (χ3v) is 6.69. The maximum absolute atomic E-state index is 12.9. The van der Waals surface area contributed by atoms with E-state index in [-0.39, 0.29) is 10.5 Å². The van der Waals surface area contributed by atoms with Crippen molar-refractivity contribution in [3.05, 3.63) is 83.6 Å². The molecule has 0 fully saturated rings. The van der Waals surface area contributed by atoms with Gasteiger partial charge in [-0.3, -0.25) is 20.4 Å². The number of aromatic nitrogens is 1. The van der Waals surface area contributed by atoms with Crippen molar-refractivity contribution in [1.29, 1.82) is 0 Å². The van der Waals surface area contributed by atoms with Crippen molar-refractivity contribution >= 4 is 44.3 Å². The number of pyridine rings is 1. The average molecular weight is 499 g/mol. The molecule has 3 N–H and O–H groups in total. The molecule has 9 nitrogen and oxygen atoms in total. The largest absolute Gasteiger partial charge is 0.463 e. The molecule has 0 aliphatic heterocycles. The van der Waals surface area contributed by atoms with Crippen molar-refractivity contribution in [2.24, 2.45) is 0 Å². The number of nitrogens with one attached hydrogen (secondary N) is 3. The lowest BCUT2D eigenvalue weighted by Gasteiger charge is -2.15. The predicted molar refractivity (Wildman–Crippen MR) is 126 cm³/mol. The van der Waals surface area contributed by atoms with Gasteiger partial charge in [-0.05, 0) is 55.5 Å². The number of sulfonamides is 1. The molecule has 0 aliphatic carbocycles. The number of hydrazine groups is 1. The third-order valence-electron chi connectivity index (χ3n) is 4.88. The van der Waals surface area contributed by atoms with Gasteiger partial charge in [0, 0.05) is 10.4 Å². The summed E-state index contributed by atoms with van der Waals surface area (Å²) in [6.07, 6.45) is 1.50. The van der Waals surface area contributed by atoms with Gasteiger partial charge < -0.3 is 4.42 Å². The van der Waals surface area contributed by atoms with E-state index in [4.69, 9.17) is 16.0 Å². The van der Waals surface area contributed by atoms with E-state index >= 15 is 0 Å². The molecule has 2 aromatic heterocycles. The summed E-state index contributed by atoms with van der Waals surface area (Å²) in [7, 11) is -3.97. The van der Waals surface area contributed by atoms with Crippen LogP contribution >= 0.6 is 11.6 Å². The van der Waals surface area contributed by atoms with Gasteiger partial charge in [0.2, 0.25) is 10.0 Å². The van der Waals surface area contributed by atoms with Crippen LogP contribution in [0, 0.1) is 0 Å². The van der Waals surface area contributed by atoms with Crippen LogP contribution in [0.5, 0.6) is 0 Å². The van der Waals surface area contributed by atoms with Gasteiger partial charge in [-0.1, -0.05) is 29.8 Å². The summed E-state index contributed by atoms with van der Waals surface area (Å²) < 4.78 is 32.6. The lowest BCUT2D eigenvalue weighted by molar-refractivity contribution is -0.123. The van der Waals surface area contributed by atoms with E-state index in [1.807, 2.05) is 0 Å². The third kappa shape index (κ3) is 5.09. The number of nitrogens with zero attached hydrogens (tertiary/aromatic N) is 1. The monoisotopic (exact) mass is 498 g/mol. The summed E-state index contributed by atoms with van der Waals surface area (Å²) in [5, 5.41) is 0.951. The van der Waals surface area contributed by atoms with E-state index in [2.05, 4.69) is 20.6 Å². The second-order valence-electron chi connectivity index (χ2n) is 7.29. The second-order valence-corrected chi connectivity index (χ2v) is 9.44. The Morgan fingerprint density at radius 3 is 2.44 bits per heavy atom. The lowest BCUT2D eigenvalue weighted by atomic mass is 10.1. The lowest BCUT2D eigenvalue weighted by Crippen LogP contribution is -2.51. The molecule has 0 saturated carbocycles. The highest BCUT2D eigenvalue weighted by Crippen LogP contribution is 2.25. The van der Waals surface area contributed by atoms with Crippen molar-refractivity contribution in [3.8, 4) is 11.5 Å². The van der Waals surface area contributed by atoms with Crippen LogP contribution in [0.4, 0.5) is 0 Å². The van der Waals surface area contributed by atoms with Crippen molar-refractivity contribution in [3.63, 3.8) is 0 Å². The highest BCUT2D eigenvalue weighted by Gasteiger charge is 2.23. The molecule has 0 bridgehead atoms. The number of furan rings is 1. The number of benzene rings is 2. The molecule has 2 aromatic carbocycles. The topological polar surface area (TPSA) is 130 Å². The number of carbonyl (C=O) groups excluding carboxylic acids is 2. The predicted octanol–water partition coefficient (Wildman–Crippen LogP) is 3.28. The number of para-hydroxylation sites is 1. The van der Waals surface area contributed by atoms with Gasteiger partial charge in [0.1, 0.15) is 5.69 Å². The Morgan fingerprint density at radius 2 is 1.74 bits per heavy atom. The Kier molecular flexibility index (Phi) is 6.64. The Balaban J connectivity index is 1.48. The molecular weight excluding hydrogens is 480 g/mol. The fraction of sp³-hybridized carbons (Fsp3) is 0.0870. The van der Waals surface area contributed by atoms with Crippen LogP contribution < -0.4 is 15.6 Å². The zero-order chi connectivity index (χ0) is 24.3. The summed E-state index contributed by atoms with van der Waals surface area (Å²) in [4.78, 5) is 29.8. The summed E-state index contributed by atoms with van der Waals surface area (Å²) in [6, 6.07) is 16.3. The first-order chi connectivity index (χ1) is 16.2. The Hall–Kier alpha value is -3.73. The van der Waals surface area contributed by atoms with Crippen molar-refractivity contribution in [2.45, 2.75) is 17.9 Å². The van der Waals surface area contributed by atoms with E-state index in [9.17, 15) is 18.0 Å². The number of hydrogen-bond acceptors (Lipinski definition) is 6. The van der Waals surface area contributed by atoms with E-state index in [0.29, 0.717) is 27.4 Å². The first kappa shape index (κ1) is 23.4. The fourth-order valence-corrected chi connectivity index (χ4v) is 4.50. The zero-order valence-electron chi connectivity index (χ0n) is 17.8. The van der Waals surface area contributed by atoms with Crippen molar-refractivity contribution in [2.75, 3.05) is 0 Å². The van der Waals surface area contributed by atoms with Gasteiger partial charge >= 0.3 is 0 Å². The molecule has 0 aliphatic rings. The van der Waals surface area contributed by atoms with Gasteiger partial charge in [-0.2, -0.15) is 4.72 Å². The van der Waals surface area contributed by atoms with Gasteiger partial charge in [-0.25, -0.2) is 13.4 Å². The first-order valence-corrected chi connectivity index (χ1v) is 11.9. The fourth-order valence-electron chi connectivity index (χ4n) is 3.18. The highest BCUT2D eigenvalue weighted by molar-refractivity contribution is 7.89. The van der Waals surface area contributed by atoms with E-state index in [1.54, 1.807) is 42.5 Å². The van der Waals surface area contributed by atoms with Crippen LogP contribution in [-0.4, -0.2) is 31.3 Å². The molecule has 4 rings (SSSR count).